The van der Waals surface area contributed by atoms with E-state index < -0.39 is 0 Å². The average molecular weight is 262 g/mol. The molecule has 2 heteroatoms. The van der Waals surface area contributed by atoms with Gasteiger partial charge in [-0.3, -0.25) is 0 Å². The first-order valence-corrected chi connectivity index (χ1v) is 5.85. The van der Waals surface area contributed by atoms with Gasteiger partial charge in [0.15, 0.2) is 0 Å². The van der Waals surface area contributed by atoms with E-state index in [0.717, 1.165) is 11.4 Å². The first-order chi connectivity index (χ1) is 6.24. The van der Waals surface area contributed by atoms with E-state index in [1.165, 1.54) is 29.3 Å². The minimum atomic E-state index is 0.828. The number of hydrogen-bond donors (Lipinski definition) is 0. The number of unbranched alkanes of at least 4 members (excludes halogenated alkanes) is 2. The van der Waals surface area contributed by atoms with Gasteiger partial charge in [0.1, 0.15) is 0 Å². The number of hydrogen-bond acceptors (Lipinski definition) is 0. The molecule has 0 aliphatic rings. The van der Waals surface area contributed by atoms with E-state index in [2.05, 4.69) is 22.9 Å². The molecule has 1 rings (SSSR count). The maximum atomic E-state index is 5.91. The lowest BCUT2D eigenvalue weighted by Crippen LogP contribution is -1.87. The fourth-order valence-electron chi connectivity index (χ4n) is 1.30. The highest BCUT2D eigenvalue weighted by atomic mass is 79.9. The van der Waals surface area contributed by atoms with Gasteiger partial charge >= 0.3 is 0 Å². The number of aryl methyl sites for hydroxylation is 1. The quantitative estimate of drug-likeness (QED) is 0.681. The molecule has 0 aliphatic heterocycles. The molecule has 0 heterocycles. The molecular formula is C11H14BrCl. The van der Waals surface area contributed by atoms with Gasteiger partial charge in [0.2, 0.25) is 0 Å². The van der Waals surface area contributed by atoms with E-state index in [1.54, 1.807) is 0 Å². The van der Waals surface area contributed by atoms with Crippen LogP contribution in [0.3, 0.4) is 0 Å². The molecule has 0 fully saturated rings. The summed E-state index contributed by atoms with van der Waals surface area (Å²) in [5, 5.41) is 0.828. The Labute approximate surface area is 93.4 Å². The molecule has 0 unspecified atom stereocenters. The molecule has 0 bridgehead atoms. The van der Waals surface area contributed by atoms with E-state index in [1.807, 2.05) is 18.2 Å². The Kier molecular flexibility index (Phi) is 4.82. The Bertz CT molecular complexity index is 271. The van der Waals surface area contributed by atoms with Crippen molar-refractivity contribution in [2.75, 3.05) is 0 Å². The molecule has 0 radical (unpaired) electrons. The monoisotopic (exact) mass is 260 g/mol. The molecule has 0 atom stereocenters. The van der Waals surface area contributed by atoms with Crippen molar-refractivity contribution in [2.24, 2.45) is 0 Å². The number of halogens is 2. The van der Waals surface area contributed by atoms with E-state index in [4.69, 9.17) is 11.6 Å². The predicted molar refractivity (Wildman–Crippen MR) is 62.4 cm³/mol. The molecule has 0 saturated carbocycles. The first-order valence-electron chi connectivity index (χ1n) is 4.68. The lowest BCUT2D eigenvalue weighted by atomic mass is 10.1. The third kappa shape index (κ3) is 3.70. The van der Waals surface area contributed by atoms with Crippen LogP contribution in [-0.2, 0) is 6.42 Å². The molecule has 0 nitrogen and oxygen atoms in total. The highest BCUT2D eigenvalue weighted by molar-refractivity contribution is 9.10. The normalized spacial score (nSPS) is 10.4. The van der Waals surface area contributed by atoms with Crippen molar-refractivity contribution in [3.8, 4) is 0 Å². The van der Waals surface area contributed by atoms with Crippen LogP contribution in [0.2, 0.25) is 5.02 Å². The summed E-state index contributed by atoms with van der Waals surface area (Å²) in [6, 6.07) is 5.97. The van der Waals surface area contributed by atoms with Gasteiger partial charge in [-0.25, -0.2) is 0 Å². The Morgan fingerprint density at radius 3 is 2.77 bits per heavy atom. The smallest absolute Gasteiger partial charge is 0.0409 e. The summed E-state index contributed by atoms with van der Waals surface area (Å²) >= 11 is 9.43. The third-order valence-electron chi connectivity index (χ3n) is 2.06. The van der Waals surface area contributed by atoms with Crippen molar-refractivity contribution in [3.63, 3.8) is 0 Å². The van der Waals surface area contributed by atoms with Gasteiger partial charge in [0, 0.05) is 9.50 Å². The highest BCUT2D eigenvalue weighted by Gasteiger charge is 1.99. The second-order valence-electron chi connectivity index (χ2n) is 3.19. The lowest BCUT2D eigenvalue weighted by molar-refractivity contribution is 0.716. The summed E-state index contributed by atoms with van der Waals surface area (Å²) in [5.74, 6) is 0. The average Bonchev–Trinajstić information content (AvgIpc) is 2.11. The maximum Gasteiger partial charge on any atom is 0.0409 e. The minimum absolute atomic E-state index is 0.828. The summed E-state index contributed by atoms with van der Waals surface area (Å²) in [7, 11) is 0. The van der Waals surface area contributed by atoms with Crippen LogP contribution in [0.1, 0.15) is 31.7 Å². The van der Waals surface area contributed by atoms with Crippen LogP contribution in [0, 0.1) is 0 Å². The topological polar surface area (TPSA) is 0 Å². The van der Waals surface area contributed by atoms with Gasteiger partial charge < -0.3 is 0 Å². The van der Waals surface area contributed by atoms with Gasteiger partial charge in [0.25, 0.3) is 0 Å². The molecule has 1 aromatic rings. The molecule has 0 amide bonds. The standard InChI is InChI=1S/C11H14BrCl/c1-2-3-4-5-9-8-10(13)6-7-11(9)12/h6-8H,2-5H2,1H3. The van der Waals surface area contributed by atoms with E-state index in [9.17, 15) is 0 Å². The lowest BCUT2D eigenvalue weighted by Gasteiger charge is -2.04. The van der Waals surface area contributed by atoms with Crippen LogP contribution >= 0.6 is 27.5 Å². The van der Waals surface area contributed by atoms with E-state index in [0.29, 0.717) is 0 Å². The molecule has 0 aromatic heterocycles. The number of benzene rings is 1. The van der Waals surface area contributed by atoms with Crippen LogP contribution < -0.4 is 0 Å². The summed E-state index contributed by atoms with van der Waals surface area (Å²) in [6.07, 6.45) is 4.92. The third-order valence-corrected chi connectivity index (χ3v) is 3.07. The fraction of sp³-hybridized carbons (Fsp3) is 0.455. The molecule has 13 heavy (non-hydrogen) atoms. The van der Waals surface area contributed by atoms with Crippen molar-refractivity contribution >= 4 is 27.5 Å². The second-order valence-corrected chi connectivity index (χ2v) is 4.48. The Hall–Kier alpha value is -0.0100. The number of rotatable bonds is 4. The zero-order valence-corrected chi connectivity index (χ0v) is 10.2. The van der Waals surface area contributed by atoms with Crippen molar-refractivity contribution in [1.29, 1.82) is 0 Å². The summed E-state index contributed by atoms with van der Waals surface area (Å²) in [5.41, 5.74) is 1.32. The van der Waals surface area contributed by atoms with Gasteiger partial charge in [-0.1, -0.05) is 47.3 Å². The SMILES string of the molecule is CCCCCc1cc(Cl)ccc1Br. The Morgan fingerprint density at radius 2 is 2.08 bits per heavy atom. The van der Waals surface area contributed by atoms with Crippen LogP contribution in [-0.4, -0.2) is 0 Å². The van der Waals surface area contributed by atoms with Crippen LogP contribution in [0.5, 0.6) is 0 Å². The zero-order valence-electron chi connectivity index (χ0n) is 7.82. The van der Waals surface area contributed by atoms with Crippen LogP contribution in [0.25, 0.3) is 0 Å². The first kappa shape index (κ1) is 11.1. The summed E-state index contributed by atoms with van der Waals surface area (Å²) in [6.45, 7) is 2.22. The minimum Gasteiger partial charge on any atom is -0.0843 e. The zero-order chi connectivity index (χ0) is 9.68. The van der Waals surface area contributed by atoms with Crippen LogP contribution in [0.4, 0.5) is 0 Å². The molecule has 0 aliphatic carbocycles. The Balaban J connectivity index is 2.59. The predicted octanol–water partition coefficient (Wildman–Crippen LogP) is 4.84. The maximum absolute atomic E-state index is 5.91. The van der Waals surface area contributed by atoms with Gasteiger partial charge in [-0.05, 0) is 36.6 Å². The fourth-order valence-corrected chi connectivity index (χ4v) is 1.94. The second kappa shape index (κ2) is 5.66. The molecule has 0 N–H and O–H groups in total. The van der Waals surface area contributed by atoms with Crippen molar-refractivity contribution in [2.45, 2.75) is 32.6 Å². The van der Waals surface area contributed by atoms with Gasteiger partial charge in [-0.15, -0.1) is 0 Å². The van der Waals surface area contributed by atoms with Gasteiger partial charge in [0.05, 0.1) is 0 Å². The van der Waals surface area contributed by atoms with E-state index >= 15 is 0 Å². The molecular weight excluding hydrogens is 247 g/mol. The largest absolute Gasteiger partial charge is 0.0843 e. The Morgan fingerprint density at radius 1 is 1.31 bits per heavy atom. The summed E-state index contributed by atoms with van der Waals surface area (Å²) < 4.78 is 1.17. The molecule has 0 saturated heterocycles. The highest BCUT2D eigenvalue weighted by Crippen LogP contribution is 2.22. The van der Waals surface area contributed by atoms with Crippen molar-refractivity contribution in [1.82, 2.24) is 0 Å². The molecule has 1 aromatic carbocycles. The summed E-state index contributed by atoms with van der Waals surface area (Å²) in [4.78, 5) is 0. The van der Waals surface area contributed by atoms with Gasteiger partial charge in [-0.2, -0.15) is 0 Å². The molecule has 0 spiro atoms. The van der Waals surface area contributed by atoms with Crippen molar-refractivity contribution in [3.05, 3.63) is 33.3 Å². The molecule has 72 valence electrons. The van der Waals surface area contributed by atoms with Crippen LogP contribution in [0.15, 0.2) is 22.7 Å². The van der Waals surface area contributed by atoms with Crippen molar-refractivity contribution < 1.29 is 0 Å². The van der Waals surface area contributed by atoms with E-state index in [-0.39, 0.29) is 0 Å².